The fourth-order valence-corrected chi connectivity index (χ4v) is 3.74. The number of nitrogens with zero attached hydrogens (tertiary/aromatic N) is 2. The van der Waals surface area contributed by atoms with Crippen LogP contribution in [0.1, 0.15) is 24.1 Å². The molecule has 0 spiro atoms. The van der Waals surface area contributed by atoms with E-state index < -0.39 is 0 Å². The van der Waals surface area contributed by atoms with Crippen LogP contribution in [0.25, 0.3) is 0 Å². The van der Waals surface area contributed by atoms with E-state index in [-0.39, 0.29) is 11.7 Å². The van der Waals surface area contributed by atoms with E-state index in [1.807, 2.05) is 53.1 Å². The zero-order chi connectivity index (χ0) is 16.7. The number of hydrogen-bond donors (Lipinski definition) is 1. The monoisotopic (exact) mass is 352 g/mol. The van der Waals surface area contributed by atoms with Crippen molar-refractivity contribution in [2.24, 2.45) is 14.1 Å². The minimum absolute atomic E-state index is 0.00712. The Morgan fingerprint density at radius 1 is 1.39 bits per heavy atom. The number of Topliss-reactive ketones (excluding diaryl/α,β-unsaturated/α-hetero) is 1. The average molecular weight is 353 g/mol. The van der Waals surface area contributed by atoms with Crippen molar-refractivity contribution in [3.63, 3.8) is 0 Å². The Balaban J connectivity index is 1.60. The highest BCUT2D eigenvalue weighted by Gasteiger charge is 2.14. The number of aryl methyl sites for hydroxylation is 2. The molecule has 7 heteroatoms. The van der Waals surface area contributed by atoms with Crippen molar-refractivity contribution in [1.29, 1.82) is 0 Å². The molecule has 0 aliphatic carbocycles. The molecule has 2 heterocycles. The standard InChI is InChI=1S/C16H21N3O2S2/c1-18-8-9-19(2)16(18)23-12-13(20)5-3-7-15(21)17-11-14-6-4-10-22-14/h4,6,8-10H,3,5,7,11-12H2,1-2H3/p+1. The van der Waals surface area contributed by atoms with E-state index in [4.69, 9.17) is 0 Å². The van der Waals surface area contributed by atoms with E-state index in [2.05, 4.69) is 5.32 Å². The largest absolute Gasteiger partial charge is 0.351 e. The van der Waals surface area contributed by atoms with Gasteiger partial charge >= 0.3 is 5.16 Å². The number of thiophene rings is 1. The van der Waals surface area contributed by atoms with Crippen LogP contribution in [-0.4, -0.2) is 22.0 Å². The normalized spacial score (nSPS) is 10.7. The van der Waals surface area contributed by atoms with Gasteiger partial charge in [0, 0.05) is 17.7 Å². The highest BCUT2D eigenvalue weighted by Crippen LogP contribution is 2.14. The number of carbonyl (C=O) groups is 2. The number of nitrogens with one attached hydrogen (secondary N) is 1. The molecule has 1 amide bonds. The third-order valence-electron chi connectivity index (χ3n) is 3.38. The number of thioether (sulfide) groups is 1. The van der Waals surface area contributed by atoms with Gasteiger partial charge < -0.3 is 5.32 Å². The number of imidazole rings is 1. The molecule has 1 N–H and O–H groups in total. The fourth-order valence-electron chi connectivity index (χ4n) is 2.13. The molecule has 0 bridgehead atoms. The molecular formula is C16H22N3O2S2+. The summed E-state index contributed by atoms with van der Waals surface area (Å²) in [6, 6.07) is 3.96. The van der Waals surface area contributed by atoms with Crippen molar-refractivity contribution in [1.82, 2.24) is 9.88 Å². The molecular weight excluding hydrogens is 330 g/mol. The van der Waals surface area contributed by atoms with Crippen LogP contribution in [0.3, 0.4) is 0 Å². The first-order valence-electron chi connectivity index (χ1n) is 7.51. The van der Waals surface area contributed by atoms with E-state index in [0.29, 0.717) is 31.6 Å². The Bertz CT molecular complexity index is 631. The Morgan fingerprint density at radius 2 is 2.22 bits per heavy atom. The molecule has 0 saturated heterocycles. The van der Waals surface area contributed by atoms with Crippen LogP contribution in [0.4, 0.5) is 0 Å². The zero-order valence-electron chi connectivity index (χ0n) is 13.4. The molecule has 0 aliphatic heterocycles. The van der Waals surface area contributed by atoms with E-state index in [0.717, 1.165) is 10.0 Å². The summed E-state index contributed by atoms with van der Waals surface area (Å²) in [7, 11) is 3.93. The molecule has 0 unspecified atom stereocenters. The van der Waals surface area contributed by atoms with Gasteiger partial charge in [0.2, 0.25) is 5.91 Å². The molecule has 2 aromatic rings. The van der Waals surface area contributed by atoms with Gasteiger partial charge in [-0.1, -0.05) is 6.07 Å². The Kier molecular flexibility index (Phi) is 6.85. The van der Waals surface area contributed by atoms with E-state index in [1.54, 1.807) is 11.3 Å². The summed E-state index contributed by atoms with van der Waals surface area (Å²) >= 11 is 3.16. The minimum atomic E-state index is 0.00712. The van der Waals surface area contributed by atoms with Gasteiger partial charge in [-0.3, -0.25) is 9.59 Å². The van der Waals surface area contributed by atoms with Crippen molar-refractivity contribution in [2.75, 3.05) is 5.75 Å². The summed E-state index contributed by atoms with van der Waals surface area (Å²) in [5.74, 6) is 0.637. The SMILES string of the molecule is Cn1cc[n+](C)c1SCC(=O)CCCC(=O)NCc1cccs1. The average Bonchev–Trinajstić information content (AvgIpc) is 3.14. The summed E-state index contributed by atoms with van der Waals surface area (Å²) < 4.78 is 3.99. The second-order valence-electron chi connectivity index (χ2n) is 5.34. The number of rotatable bonds is 9. The van der Waals surface area contributed by atoms with Crippen molar-refractivity contribution < 1.29 is 14.2 Å². The third kappa shape index (κ3) is 5.84. The maximum atomic E-state index is 11.9. The highest BCUT2D eigenvalue weighted by atomic mass is 32.2. The van der Waals surface area contributed by atoms with Crippen molar-refractivity contribution in [3.05, 3.63) is 34.8 Å². The summed E-state index contributed by atoms with van der Waals surface area (Å²) in [6.45, 7) is 0.574. The second kappa shape index (κ2) is 8.88. The number of carbonyl (C=O) groups excluding carboxylic acids is 2. The quantitative estimate of drug-likeness (QED) is 0.555. The Hall–Kier alpha value is -1.60. The first kappa shape index (κ1) is 17.7. The molecule has 2 rings (SSSR count). The number of hydrogen-bond acceptors (Lipinski definition) is 4. The Labute approximate surface area is 144 Å². The first-order valence-corrected chi connectivity index (χ1v) is 9.37. The van der Waals surface area contributed by atoms with Gasteiger partial charge in [-0.15, -0.1) is 11.3 Å². The van der Waals surface area contributed by atoms with Crippen molar-refractivity contribution in [2.45, 2.75) is 31.0 Å². The summed E-state index contributed by atoms with van der Waals surface area (Å²) in [6.07, 6.45) is 5.39. The Morgan fingerprint density at radius 3 is 2.87 bits per heavy atom. The van der Waals surface area contributed by atoms with Crippen molar-refractivity contribution in [3.8, 4) is 0 Å². The van der Waals surface area contributed by atoms with Crippen LogP contribution >= 0.6 is 23.1 Å². The summed E-state index contributed by atoms with van der Waals surface area (Å²) in [5.41, 5.74) is 0. The lowest BCUT2D eigenvalue weighted by Crippen LogP contribution is -2.29. The van der Waals surface area contributed by atoms with E-state index in [9.17, 15) is 9.59 Å². The first-order chi connectivity index (χ1) is 11.1. The minimum Gasteiger partial charge on any atom is -0.351 e. The van der Waals surface area contributed by atoms with Crippen LogP contribution in [0.15, 0.2) is 35.1 Å². The van der Waals surface area contributed by atoms with Gasteiger partial charge in [-0.25, -0.2) is 9.13 Å². The smallest absolute Gasteiger partial charge is 0.317 e. The summed E-state index contributed by atoms with van der Waals surface area (Å²) in [5, 5.41) is 5.92. The van der Waals surface area contributed by atoms with E-state index >= 15 is 0 Å². The lowest BCUT2D eigenvalue weighted by molar-refractivity contribution is -0.709. The molecule has 0 radical (unpaired) electrons. The molecule has 0 fully saturated rings. The van der Waals surface area contributed by atoms with Gasteiger partial charge in [0.15, 0.2) is 0 Å². The maximum Gasteiger partial charge on any atom is 0.317 e. The topological polar surface area (TPSA) is 55.0 Å². The third-order valence-corrected chi connectivity index (χ3v) is 5.56. The molecule has 0 aromatic carbocycles. The summed E-state index contributed by atoms with van der Waals surface area (Å²) in [4.78, 5) is 24.8. The zero-order valence-corrected chi connectivity index (χ0v) is 15.1. The predicted molar refractivity (Wildman–Crippen MR) is 92.3 cm³/mol. The molecule has 2 aromatic heterocycles. The van der Waals surface area contributed by atoms with Crippen LogP contribution < -0.4 is 9.88 Å². The molecule has 0 saturated carbocycles. The van der Waals surface area contributed by atoms with Crippen LogP contribution in [0.5, 0.6) is 0 Å². The van der Waals surface area contributed by atoms with Gasteiger partial charge in [0.25, 0.3) is 0 Å². The second-order valence-corrected chi connectivity index (χ2v) is 7.31. The number of amides is 1. The molecule has 124 valence electrons. The maximum absolute atomic E-state index is 11.9. The highest BCUT2D eigenvalue weighted by molar-refractivity contribution is 7.99. The molecule has 0 aliphatic rings. The fraction of sp³-hybridized carbons (Fsp3) is 0.438. The van der Waals surface area contributed by atoms with Gasteiger partial charge in [-0.2, -0.15) is 0 Å². The van der Waals surface area contributed by atoms with Crippen LogP contribution in [-0.2, 0) is 30.2 Å². The number of aromatic nitrogens is 2. The molecule has 5 nitrogen and oxygen atoms in total. The van der Waals surface area contributed by atoms with Gasteiger partial charge in [0.1, 0.15) is 18.2 Å². The van der Waals surface area contributed by atoms with Crippen molar-refractivity contribution >= 4 is 34.8 Å². The number of ketones is 1. The molecule has 0 atom stereocenters. The van der Waals surface area contributed by atoms with E-state index in [1.165, 1.54) is 11.8 Å². The molecule has 23 heavy (non-hydrogen) atoms. The van der Waals surface area contributed by atoms with Gasteiger partial charge in [0.05, 0.1) is 26.4 Å². The van der Waals surface area contributed by atoms with Gasteiger partial charge in [-0.05, 0) is 29.6 Å². The predicted octanol–water partition coefficient (Wildman–Crippen LogP) is 2.06. The van der Waals surface area contributed by atoms with Crippen LogP contribution in [0.2, 0.25) is 0 Å². The lowest BCUT2D eigenvalue weighted by Gasteiger charge is -2.03. The van der Waals surface area contributed by atoms with Crippen LogP contribution in [0, 0.1) is 0 Å². The lowest BCUT2D eigenvalue weighted by atomic mass is 10.2.